The van der Waals surface area contributed by atoms with Gasteiger partial charge in [0.05, 0.1) is 6.54 Å². The van der Waals surface area contributed by atoms with E-state index < -0.39 is 11.6 Å². The summed E-state index contributed by atoms with van der Waals surface area (Å²) in [6, 6.07) is 0.705. The standard InChI is InChI=1S/C11H15F2N5O/c1-17-3-2-4-18(6-9(17)19)11-8(13)5-7(12)10(15-11)16-14/h5H,2-4,6,14H2,1H3,(H,15,16). The Kier molecular flexibility index (Phi) is 3.79. The van der Waals surface area contributed by atoms with Crippen LogP contribution in [0, 0.1) is 11.6 Å². The molecule has 1 aromatic rings. The summed E-state index contributed by atoms with van der Waals surface area (Å²) in [5.74, 6) is 2.97. The molecule has 19 heavy (non-hydrogen) atoms. The zero-order valence-electron chi connectivity index (χ0n) is 10.5. The SMILES string of the molecule is CN1CCCN(c2nc(NN)c(F)cc2F)CC1=O. The Morgan fingerprint density at radius 3 is 2.79 bits per heavy atom. The lowest BCUT2D eigenvalue weighted by Crippen LogP contribution is -2.35. The Morgan fingerprint density at radius 2 is 2.11 bits per heavy atom. The van der Waals surface area contributed by atoms with Crippen molar-refractivity contribution in [2.75, 3.05) is 37.0 Å². The highest BCUT2D eigenvalue weighted by Gasteiger charge is 2.23. The van der Waals surface area contributed by atoms with Gasteiger partial charge in [-0.1, -0.05) is 0 Å². The number of nitrogen functional groups attached to an aromatic ring is 1. The fourth-order valence-corrected chi connectivity index (χ4v) is 1.95. The summed E-state index contributed by atoms with van der Waals surface area (Å²) in [4.78, 5) is 18.6. The molecule has 104 valence electrons. The largest absolute Gasteiger partial charge is 0.345 e. The van der Waals surface area contributed by atoms with E-state index in [1.54, 1.807) is 11.9 Å². The fraction of sp³-hybridized carbons (Fsp3) is 0.455. The van der Waals surface area contributed by atoms with Gasteiger partial charge in [-0.2, -0.15) is 0 Å². The third-order valence-corrected chi connectivity index (χ3v) is 3.02. The van der Waals surface area contributed by atoms with Crippen molar-refractivity contribution in [3.05, 3.63) is 17.7 Å². The number of nitrogens with two attached hydrogens (primary N) is 1. The minimum atomic E-state index is -0.873. The van der Waals surface area contributed by atoms with Crippen molar-refractivity contribution >= 4 is 17.5 Å². The molecule has 3 N–H and O–H groups in total. The van der Waals surface area contributed by atoms with Crippen LogP contribution in [0.2, 0.25) is 0 Å². The minimum Gasteiger partial charge on any atom is -0.345 e. The van der Waals surface area contributed by atoms with Crippen LogP contribution in [0.4, 0.5) is 20.4 Å². The van der Waals surface area contributed by atoms with E-state index >= 15 is 0 Å². The van der Waals surface area contributed by atoms with Crippen LogP contribution >= 0.6 is 0 Å². The van der Waals surface area contributed by atoms with E-state index in [4.69, 9.17) is 5.84 Å². The number of anilines is 2. The molecule has 0 aliphatic carbocycles. The van der Waals surface area contributed by atoms with E-state index in [0.717, 1.165) is 0 Å². The van der Waals surface area contributed by atoms with E-state index in [1.165, 1.54) is 4.90 Å². The number of amides is 1. The third-order valence-electron chi connectivity index (χ3n) is 3.02. The molecule has 2 heterocycles. The van der Waals surface area contributed by atoms with Crippen LogP contribution in [-0.2, 0) is 4.79 Å². The number of pyridine rings is 1. The molecule has 8 heteroatoms. The molecule has 0 atom stereocenters. The molecule has 0 unspecified atom stereocenters. The number of hydrogen-bond donors (Lipinski definition) is 2. The summed E-state index contributed by atoms with van der Waals surface area (Å²) in [5, 5.41) is 0. The second-order valence-corrected chi connectivity index (χ2v) is 4.36. The van der Waals surface area contributed by atoms with Crippen LogP contribution in [0.5, 0.6) is 0 Å². The molecule has 2 rings (SSSR count). The fourth-order valence-electron chi connectivity index (χ4n) is 1.95. The van der Waals surface area contributed by atoms with Crippen molar-refractivity contribution in [1.29, 1.82) is 0 Å². The Labute approximate surface area is 109 Å². The van der Waals surface area contributed by atoms with Crippen molar-refractivity contribution < 1.29 is 13.6 Å². The van der Waals surface area contributed by atoms with Crippen LogP contribution in [0.1, 0.15) is 6.42 Å². The molecule has 1 fully saturated rings. The van der Waals surface area contributed by atoms with Gasteiger partial charge in [-0.3, -0.25) is 4.79 Å². The van der Waals surface area contributed by atoms with Crippen LogP contribution in [-0.4, -0.2) is 42.5 Å². The Morgan fingerprint density at radius 1 is 1.37 bits per heavy atom. The third kappa shape index (κ3) is 2.73. The molecular formula is C11H15F2N5O. The van der Waals surface area contributed by atoms with Crippen molar-refractivity contribution in [2.24, 2.45) is 5.84 Å². The van der Waals surface area contributed by atoms with E-state index in [0.29, 0.717) is 25.6 Å². The van der Waals surface area contributed by atoms with Crippen LogP contribution in [0.15, 0.2) is 6.07 Å². The van der Waals surface area contributed by atoms with Gasteiger partial charge >= 0.3 is 0 Å². The Bertz CT molecular complexity index is 496. The quantitative estimate of drug-likeness (QED) is 0.598. The summed E-state index contributed by atoms with van der Waals surface area (Å²) in [7, 11) is 1.69. The van der Waals surface area contributed by atoms with Gasteiger partial charge in [0.15, 0.2) is 23.3 Å². The molecule has 1 saturated heterocycles. The number of hydrazine groups is 1. The molecule has 0 spiro atoms. The van der Waals surface area contributed by atoms with Gasteiger partial charge in [0.2, 0.25) is 5.91 Å². The van der Waals surface area contributed by atoms with Crippen molar-refractivity contribution in [2.45, 2.75) is 6.42 Å². The molecule has 6 nitrogen and oxygen atoms in total. The minimum absolute atomic E-state index is 0.00998. The molecule has 0 radical (unpaired) electrons. The van der Waals surface area contributed by atoms with Gasteiger partial charge < -0.3 is 15.2 Å². The Hall–Kier alpha value is -1.96. The van der Waals surface area contributed by atoms with Crippen molar-refractivity contribution in [1.82, 2.24) is 9.88 Å². The number of rotatable bonds is 2. The number of hydrogen-bond acceptors (Lipinski definition) is 5. The number of nitrogens with one attached hydrogen (secondary N) is 1. The summed E-state index contributed by atoms with van der Waals surface area (Å²) >= 11 is 0. The normalized spacial score (nSPS) is 16.5. The predicted molar refractivity (Wildman–Crippen MR) is 66.4 cm³/mol. The first-order chi connectivity index (χ1) is 9.02. The molecule has 1 amide bonds. The highest BCUT2D eigenvalue weighted by Crippen LogP contribution is 2.23. The number of nitrogens with zero attached hydrogens (tertiary/aromatic N) is 3. The van der Waals surface area contributed by atoms with Gasteiger partial charge in [-0.05, 0) is 6.42 Å². The zero-order valence-corrected chi connectivity index (χ0v) is 10.5. The van der Waals surface area contributed by atoms with Gasteiger partial charge in [0.25, 0.3) is 0 Å². The number of carbonyl (C=O) groups excluding carboxylic acids is 1. The first-order valence-corrected chi connectivity index (χ1v) is 5.84. The monoisotopic (exact) mass is 271 g/mol. The van der Waals surface area contributed by atoms with Crippen molar-refractivity contribution in [3.8, 4) is 0 Å². The lowest BCUT2D eigenvalue weighted by Gasteiger charge is -2.21. The number of carbonyl (C=O) groups is 1. The lowest BCUT2D eigenvalue weighted by atomic mass is 10.3. The molecule has 0 bridgehead atoms. The second kappa shape index (κ2) is 5.35. The maximum Gasteiger partial charge on any atom is 0.241 e. The number of aromatic nitrogens is 1. The average molecular weight is 271 g/mol. The van der Waals surface area contributed by atoms with E-state index in [-0.39, 0.29) is 24.1 Å². The first-order valence-electron chi connectivity index (χ1n) is 5.84. The van der Waals surface area contributed by atoms with E-state index in [9.17, 15) is 13.6 Å². The van der Waals surface area contributed by atoms with Gasteiger partial charge in [0, 0.05) is 26.2 Å². The first kappa shape index (κ1) is 13.5. The number of halogens is 2. The summed E-state index contributed by atoms with van der Waals surface area (Å²) in [6.45, 7) is 1.08. The van der Waals surface area contributed by atoms with Crippen molar-refractivity contribution in [3.63, 3.8) is 0 Å². The molecular weight excluding hydrogens is 256 g/mol. The van der Waals surface area contributed by atoms with E-state index in [1.807, 2.05) is 0 Å². The smallest absolute Gasteiger partial charge is 0.241 e. The predicted octanol–water partition coefficient (Wildman–Crippen LogP) is 0.314. The zero-order chi connectivity index (χ0) is 14.0. The number of likely N-dealkylation sites (N-methyl/N-ethyl adjacent to an activating group) is 1. The average Bonchev–Trinajstić information content (AvgIpc) is 2.52. The van der Waals surface area contributed by atoms with Gasteiger partial charge in [-0.15, -0.1) is 0 Å². The van der Waals surface area contributed by atoms with E-state index in [2.05, 4.69) is 10.4 Å². The molecule has 1 aliphatic rings. The van der Waals surface area contributed by atoms with Gasteiger partial charge in [-0.25, -0.2) is 19.6 Å². The Balaban J connectivity index is 2.32. The topological polar surface area (TPSA) is 74.5 Å². The maximum atomic E-state index is 13.8. The second-order valence-electron chi connectivity index (χ2n) is 4.36. The summed E-state index contributed by atoms with van der Waals surface area (Å²) < 4.78 is 27.0. The molecule has 0 saturated carbocycles. The molecule has 1 aromatic heterocycles. The van der Waals surface area contributed by atoms with Crippen LogP contribution in [0.25, 0.3) is 0 Å². The molecule has 0 aromatic carbocycles. The lowest BCUT2D eigenvalue weighted by molar-refractivity contribution is -0.127. The highest BCUT2D eigenvalue weighted by atomic mass is 19.1. The van der Waals surface area contributed by atoms with Gasteiger partial charge in [0.1, 0.15) is 0 Å². The summed E-state index contributed by atoms with van der Waals surface area (Å²) in [6.07, 6.45) is 0.687. The maximum absolute atomic E-state index is 13.8. The van der Waals surface area contributed by atoms with Crippen LogP contribution in [0.3, 0.4) is 0 Å². The summed E-state index contributed by atoms with van der Waals surface area (Å²) in [5.41, 5.74) is 2.06. The molecule has 1 aliphatic heterocycles. The van der Waals surface area contributed by atoms with Crippen LogP contribution < -0.4 is 16.2 Å². The highest BCUT2D eigenvalue weighted by molar-refractivity contribution is 5.81.